The first-order valence-electron chi connectivity index (χ1n) is 11.3. The van der Waals surface area contributed by atoms with Crippen LogP contribution in [0.4, 0.5) is 23.7 Å². The number of urea groups is 1. The molecule has 1 N–H and O–H groups in total. The minimum absolute atomic E-state index is 0.129. The maximum atomic E-state index is 14.0. The highest BCUT2D eigenvalue weighted by molar-refractivity contribution is 6.01. The lowest BCUT2D eigenvalue weighted by Crippen LogP contribution is -2.46. The molecule has 36 heavy (non-hydrogen) atoms. The van der Waals surface area contributed by atoms with E-state index in [0.717, 1.165) is 29.7 Å². The van der Waals surface area contributed by atoms with Crippen LogP contribution in [-0.4, -0.2) is 16.2 Å². The van der Waals surface area contributed by atoms with E-state index in [-0.39, 0.29) is 17.4 Å². The van der Waals surface area contributed by atoms with Crippen molar-refractivity contribution in [3.8, 4) is 11.4 Å². The number of carbonyl (C=O) groups is 1. The summed E-state index contributed by atoms with van der Waals surface area (Å²) >= 11 is 0. The molecule has 0 spiro atoms. The third kappa shape index (κ3) is 4.24. The smallest absolute Gasteiger partial charge is 0.327 e. The fourth-order valence-corrected chi connectivity index (χ4v) is 4.20. The molecule has 0 radical (unpaired) electrons. The van der Waals surface area contributed by atoms with Gasteiger partial charge in [0.2, 0.25) is 5.82 Å². The molecule has 0 saturated carbocycles. The minimum Gasteiger partial charge on any atom is -0.334 e. The molecule has 182 valence electrons. The zero-order chi connectivity index (χ0) is 25.4. The molecule has 1 aliphatic rings. The molecule has 9 heteroatoms. The first kappa shape index (κ1) is 23.3. The highest BCUT2D eigenvalue weighted by atomic mass is 19.2. The Kier molecular flexibility index (Phi) is 6.05. The van der Waals surface area contributed by atoms with Gasteiger partial charge in [0, 0.05) is 17.3 Å². The number of aromatic nitrogens is 2. The van der Waals surface area contributed by atoms with Gasteiger partial charge in [0.05, 0.1) is 17.3 Å². The number of rotatable bonds is 5. The van der Waals surface area contributed by atoms with Crippen LogP contribution in [0.1, 0.15) is 36.9 Å². The third-order valence-corrected chi connectivity index (χ3v) is 6.13. The Morgan fingerprint density at radius 2 is 1.69 bits per heavy atom. The molecule has 6 nitrogen and oxygen atoms in total. The number of nitrogens with one attached hydrogen (secondary N) is 1. The summed E-state index contributed by atoms with van der Waals surface area (Å²) < 4.78 is 46.6. The summed E-state index contributed by atoms with van der Waals surface area (Å²) in [4.78, 5) is 18.9. The van der Waals surface area contributed by atoms with Gasteiger partial charge in [0.1, 0.15) is 5.82 Å². The van der Waals surface area contributed by atoms with Gasteiger partial charge in [-0.15, -0.1) is 0 Å². The van der Waals surface area contributed by atoms with Gasteiger partial charge in [0.25, 0.3) is 5.89 Å². The lowest BCUT2D eigenvalue weighted by atomic mass is 9.93. The Morgan fingerprint density at radius 1 is 0.972 bits per heavy atom. The molecule has 0 saturated heterocycles. The largest absolute Gasteiger partial charge is 0.334 e. The van der Waals surface area contributed by atoms with E-state index in [1.807, 2.05) is 31.2 Å². The molecule has 1 atom stereocenters. The number of allylic oxidation sites excluding steroid dienone is 1. The van der Waals surface area contributed by atoms with E-state index in [9.17, 15) is 18.0 Å². The van der Waals surface area contributed by atoms with Crippen LogP contribution in [-0.2, 0) is 6.42 Å². The summed E-state index contributed by atoms with van der Waals surface area (Å²) in [6, 6.07) is 15.4. The Hall–Kier alpha value is -4.40. The van der Waals surface area contributed by atoms with Gasteiger partial charge in [-0.05, 0) is 60.9 Å². The molecule has 5 rings (SSSR count). The average Bonchev–Trinajstić information content (AvgIpc) is 3.36. The van der Waals surface area contributed by atoms with Crippen LogP contribution in [0.2, 0.25) is 0 Å². The summed E-state index contributed by atoms with van der Waals surface area (Å²) in [5, 5.41) is 6.96. The minimum atomic E-state index is -1.08. The maximum Gasteiger partial charge on any atom is 0.327 e. The monoisotopic (exact) mass is 490 g/mol. The van der Waals surface area contributed by atoms with Crippen molar-refractivity contribution in [2.45, 2.75) is 26.3 Å². The molecule has 1 unspecified atom stereocenters. The molecule has 2 heterocycles. The van der Waals surface area contributed by atoms with Crippen LogP contribution in [0.3, 0.4) is 0 Å². The second-order valence-corrected chi connectivity index (χ2v) is 8.34. The molecular weight excluding hydrogens is 469 g/mol. The number of carbonyl (C=O) groups excluding carboxylic acids is 1. The number of hydrogen-bond donors (Lipinski definition) is 1. The van der Waals surface area contributed by atoms with Crippen molar-refractivity contribution in [1.82, 2.24) is 15.5 Å². The SMILES string of the molecule is CCc1ccc(C2NC(=O)N(c3ccc(F)c(F)c3)C(C)=C2c2nc(-c3ccc(F)cc3)no2)cc1. The van der Waals surface area contributed by atoms with Crippen LogP contribution in [0.15, 0.2) is 77.0 Å². The second kappa shape index (κ2) is 9.33. The van der Waals surface area contributed by atoms with E-state index in [1.165, 1.54) is 35.2 Å². The lowest BCUT2D eigenvalue weighted by Gasteiger charge is -2.35. The number of nitrogens with zero attached hydrogens (tertiary/aromatic N) is 3. The molecule has 0 fully saturated rings. The number of hydrogen-bond acceptors (Lipinski definition) is 4. The Labute approximate surface area is 205 Å². The third-order valence-electron chi connectivity index (χ3n) is 6.13. The van der Waals surface area contributed by atoms with Crippen LogP contribution in [0.5, 0.6) is 0 Å². The molecular formula is C27H21F3N4O2. The summed E-state index contributed by atoms with van der Waals surface area (Å²) in [6.07, 6.45) is 0.855. The molecule has 3 aromatic carbocycles. The van der Waals surface area contributed by atoms with E-state index < -0.39 is 29.5 Å². The first-order valence-corrected chi connectivity index (χ1v) is 11.3. The highest BCUT2D eigenvalue weighted by Gasteiger charge is 2.36. The van der Waals surface area contributed by atoms with Crippen LogP contribution >= 0.6 is 0 Å². The fourth-order valence-electron chi connectivity index (χ4n) is 4.20. The normalized spacial score (nSPS) is 15.9. The van der Waals surface area contributed by atoms with Crippen molar-refractivity contribution >= 4 is 17.3 Å². The van der Waals surface area contributed by atoms with Gasteiger partial charge in [0.15, 0.2) is 11.6 Å². The van der Waals surface area contributed by atoms with Gasteiger partial charge >= 0.3 is 6.03 Å². The predicted octanol–water partition coefficient (Wildman–Crippen LogP) is 6.42. The quantitative estimate of drug-likeness (QED) is 0.351. The number of benzene rings is 3. The first-order chi connectivity index (χ1) is 17.4. The maximum absolute atomic E-state index is 14.0. The molecule has 0 bridgehead atoms. The number of halogens is 3. The van der Waals surface area contributed by atoms with Gasteiger partial charge in [-0.25, -0.2) is 18.0 Å². The predicted molar refractivity (Wildman–Crippen MR) is 128 cm³/mol. The van der Waals surface area contributed by atoms with Crippen molar-refractivity contribution in [3.05, 3.63) is 107 Å². The Balaban J connectivity index is 1.65. The van der Waals surface area contributed by atoms with Crippen molar-refractivity contribution in [2.24, 2.45) is 0 Å². The number of aryl methyl sites for hydroxylation is 1. The van der Waals surface area contributed by atoms with E-state index in [2.05, 4.69) is 15.5 Å². The van der Waals surface area contributed by atoms with E-state index in [4.69, 9.17) is 4.52 Å². The second-order valence-electron chi connectivity index (χ2n) is 8.34. The highest BCUT2D eigenvalue weighted by Crippen LogP contribution is 2.39. The number of amides is 2. The molecule has 4 aromatic rings. The molecule has 0 aliphatic carbocycles. The van der Waals surface area contributed by atoms with Crippen molar-refractivity contribution < 1.29 is 22.5 Å². The van der Waals surface area contributed by atoms with Gasteiger partial charge in [-0.2, -0.15) is 4.98 Å². The molecule has 1 aromatic heterocycles. The van der Waals surface area contributed by atoms with Crippen LogP contribution in [0, 0.1) is 17.5 Å². The van der Waals surface area contributed by atoms with E-state index in [1.54, 1.807) is 6.92 Å². The summed E-state index contributed by atoms with van der Waals surface area (Å²) in [6.45, 7) is 3.71. The van der Waals surface area contributed by atoms with E-state index in [0.29, 0.717) is 16.8 Å². The summed E-state index contributed by atoms with van der Waals surface area (Å²) in [7, 11) is 0. The Morgan fingerprint density at radius 3 is 2.36 bits per heavy atom. The van der Waals surface area contributed by atoms with Gasteiger partial charge < -0.3 is 9.84 Å². The topological polar surface area (TPSA) is 71.3 Å². The van der Waals surface area contributed by atoms with Gasteiger partial charge in [-0.3, -0.25) is 4.90 Å². The molecule has 1 aliphatic heterocycles. The van der Waals surface area contributed by atoms with E-state index >= 15 is 0 Å². The standard InChI is InChI=1S/C27H21F3N4O2/c1-3-16-4-6-17(7-5-16)24-23(26-32-25(33-36-26)18-8-10-19(28)11-9-18)15(2)34(27(35)31-24)20-12-13-21(29)22(30)14-20/h4-14,24H,3H2,1-2H3,(H,31,35). The average molecular weight is 490 g/mol. The summed E-state index contributed by atoms with van der Waals surface area (Å²) in [5.41, 5.74) is 3.49. The Bertz CT molecular complexity index is 1460. The fraction of sp³-hybridized carbons (Fsp3) is 0.148. The van der Waals surface area contributed by atoms with Crippen LogP contribution in [0.25, 0.3) is 17.0 Å². The zero-order valence-electron chi connectivity index (χ0n) is 19.4. The van der Waals surface area contributed by atoms with Crippen molar-refractivity contribution in [1.29, 1.82) is 0 Å². The number of anilines is 1. The lowest BCUT2D eigenvalue weighted by molar-refractivity contribution is 0.244. The summed E-state index contributed by atoms with van der Waals surface area (Å²) in [5.74, 6) is -2.13. The molecule has 2 amide bonds. The van der Waals surface area contributed by atoms with Gasteiger partial charge in [-0.1, -0.05) is 36.3 Å². The van der Waals surface area contributed by atoms with Crippen molar-refractivity contribution in [2.75, 3.05) is 4.90 Å². The van der Waals surface area contributed by atoms with Crippen molar-refractivity contribution in [3.63, 3.8) is 0 Å². The van der Waals surface area contributed by atoms with Crippen LogP contribution < -0.4 is 10.2 Å². The zero-order valence-corrected chi connectivity index (χ0v) is 19.4.